The maximum absolute atomic E-state index is 3.90. The molecule has 0 saturated heterocycles. The highest BCUT2D eigenvalue weighted by Crippen LogP contribution is 2.03. The van der Waals surface area contributed by atoms with Crippen molar-refractivity contribution in [3.8, 4) is 0 Å². The topological polar surface area (TPSA) is 37.1 Å². The Hall–Kier alpha value is -0.730. The van der Waals surface area contributed by atoms with Crippen LogP contribution in [0.5, 0.6) is 0 Å². The van der Waals surface area contributed by atoms with Crippen molar-refractivity contribution in [2.24, 2.45) is 15.2 Å². The predicted molar refractivity (Wildman–Crippen MR) is 59.6 cm³/mol. The minimum Gasteiger partial charge on any atom is -0.286 e. The molecule has 13 heavy (non-hydrogen) atoms. The Balaban J connectivity index is 0. The second-order valence-electron chi connectivity index (χ2n) is 2.41. The van der Waals surface area contributed by atoms with Gasteiger partial charge in [-0.25, -0.2) is 0 Å². The molecule has 2 aliphatic heterocycles. The number of hydrogen-bond donors (Lipinski definition) is 0. The van der Waals surface area contributed by atoms with Gasteiger partial charge in [0.15, 0.2) is 6.67 Å². The first-order chi connectivity index (χ1) is 6.35. The Morgan fingerprint density at radius 1 is 1.15 bits per heavy atom. The van der Waals surface area contributed by atoms with E-state index in [-0.39, 0.29) is 0 Å². The third-order valence-electron chi connectivity index (χ3n) is 0.920. The van der Waals surface area contributed by atoms with Gasteiger partial charge in [0.05, 0.1) is 6.04 Å². The van der Waals surface area contributed by atoms with Gasteiger partial charge in [-0.2, -0.15) is 10.2 Å². The van der Waals surface area contributed by atoms with Crippen LogP contribution in [-0.4, -0.2) is 18.9 Å². The van der Waals surface area contributed by atoms with E-state index in [1.165, 1.54) is 12.8 Å². The molecular formula is C10H23N3. The molecule has 0 N–H and O–H groups in total. The quantitative estimate of drug-likeness (QED) is 0.597. The molecule has 0 radical (unpaired) electrons. The van der Waals surface area contributed by atoms with Gasteiger partial charge in [0.2, 0.25) is 0 Å². The summed E-state index contributed by atoms with van der Waals surface area (Å²) in [5.41, 5.74) is 0. The van der Waals surface area contributed by atoms with Crippen molar-refractivity contribution in [1.29, 1.82) is 0 Å². The first-order valence-corrected chi connectivity index (χ1v) is 5.21. The Bertz CT molecular complexity index is 120. The summed E-state index contributed by atoms with van der Waals surface area (Å²) in [4.78, 5) is 3.90. The molecule has 0 aromatic carbocycles. The molecular weight excluding hydrogens is 162 g/mol. The van der Waals surface area contributed by atoms with Gasteiger partial charge < -0.3 is 0 Å². The third-order valence-corrected chi connectivity index (χ3v) is 0.920. The van der Waals surface area contributed by atoms with Crippen LogP contribution in [0.1, 0.15) is 47.5 Å². The van der Waals surface area contributed by atoms with E-state index in [4.69, 9.17) is 0 Å². The highest BCUT2D eigenvalue weighted by atomic mass is 15.3. The Labute approximate surface area is 82.4 Å². The van der Waals surface area contributed by atoms with E-state index in [9.17, 15) is 0 Å². The molecule has 1 atom stereocenters. The first-order valence-electron chi connectivity index (χ1n) is 5.21. The monoisotopic (exact) mass is 185 g/mol. The summed E-state index contributed by atoms with van der Waals surface area (Å²) in [6.45, 7) is 11.1. The Kier molecular flexibility index (Phi) is 15.7. The largest absolute Gasteiger partial charge is 0.286 e. The Morgan fingerprint density at radius 2 is 1.46 bits per heavy atom. The second kappa shape index (κ2) is 13.8. The fourth-order valence-corrected chi connectivity index (χ4v) is 0.272. The smallest absolute Gasteiger partial charge is 0.170 e. The average molecular weight is 185 g/mol. The molecule has 0 aliphatic carbocycles. The highest BCUT2D eigenvalue weighted by molar-refractivity contribution is 5.77. The molecule has 0 saturated carbocycles. The summed E-state index contributed by atoms with van der Waals surface area (Å²) >= 11 is 0. The third kappa shape index (κ3) is 34.9. The van der Waals surface area contributed by atoms with Crippen LogP contribution in [0, 0.1) is 0 Å². The zero-order chi connectivity index (χ0) is 10.5. The van der Waals surface area contributed by atoms with E-state index in [1.807, 2.05) is 20.1 Å². The lowest BCUT2D eigenvalue weighted by molar-refractivity contribution is 0.928. The van der Waals surface area contributed by atoms with E-state index >= 15 is 0 Å². The van der Waals surface area contributed by atoms with Crippen LogP contribution in [-0.2, 0) is 0 Å². The van der Waals surface area contributed by atoms with Crippen molar-refractivity contribution < 1.29 is 0 Å². The van der Waals surface area contributed by atoms with Gasteiger partial charge >= 0.3 is 0 Å². The molecule has 0 aromatic heterocycles. The van der Waals surface area contributed by atoms with Crippen LogP contribution in [0.15, 0.2) is 15.2 Å². The van der Waals surface area contributed by atoms with Gasteiger partial charge in [0, 0.05) is 6.21 Å². The van der Waals surface area contributed by atoms with Gasteiger partial charge in [-0.3, -0.25) is 4.99 Å². The number of aliphatic imine (C=N–C) groups is 1. The Morgan fingerprint density at radius 3 is 1.46 bits per heavy atom. The number of hydrogen-bond acceptors (Lipinski definition) is 3. The lowest BCUT2D eigenvalue weighted by Crippen LogP contribution is -1.77. The van der Waals surface area contributed by atoms with Crippen molar-refractivity contribution >= 4 is 6.21 Å². The molecule has 2 heterocycles. The number of rotatable bonds is 1. The average Bonchev–Trinajstić information content (AvgIpc) is 3.01. The predicted octanol–water partition coefficient (Wildman–Crippen LogP) is 3.70. The summed E-state index contributed by atoms with van der Waals surface area (Å²) < 4.78 is 0. The summed E-state index contributed by atoms with van der Waals surface area (Å²) in [7, 11) is 0. The lowest BCUT2D eigenvalue weighted by Gasteiger charge is -1.72. The number of nitrogens with zero attached hydrogens (tertiary/aromatic N) is 3. The maximum atomic E-state index is 3.90. The van der Waals surface area contributed by atoms with E-state index in [0.29, 0.717) is 6.04 Å². The van der Waals surface area contributed by atoms with Gasteiger partial charge in [0.1, 0.15) is 0 Å². The molecule has 0 aromatic rings. The second-order valence-corrected chi connectivity index (χ2v) is 2.41. The van der Waals surface area contributed by atoms with Crippen LogP contribution < -0.4 is 0 Å². The van der Waals surface area contributed by atoms with Gasteiger partial charge in [-0.15, -0.1) is 0 Å². The molecule has 78 valence electrons. The summed E-state index contributed by atoms with van der Waals surface area (Å²) in [6, 6.07) is 0.634. The molecule has 1 unspecified atom stereocenters. The zero-order valence-electron chi connectivity index (χ0n) is 9.62. The van der Waals surface area contributed by atoms with Crippen molar-refractivity contribution in [2.75, 3.05) is 6.67 Å². The summed E-state index contributed by atoms with van der Waals surface area (Å²) in [6.07, 6.45) is 4.42. The molecule has 0 spiro atoms. The standard InChI is InChI=1S/C4H7N.C3H8.C2H6.CH2N2/c1-2-4-3-5-4;1-3-2;1-2;1-2-3-1/h3-4H,2H2,1H3;3H2,1-2H3;1-2H3;1H2. The molecule has 0 bridgehead atoms. The molecule has 0 fully saturated rings. The normalized spacial score (nSPS) is 18.1. The fourth-order valence-electron chi connectivity index (χ4n) is 0.272. The van der Waals surface area contributed by atoms with Crippen LogP contribution in [0.2, 0.25) is 0 Å². The molecule has 3 nitrogen and oxygen atoms in total. The van der Waals surface area contributed by atoms with Crippen molar-refractivity contribution in [3.63, 3.8) is 0 Å². The molecule has 0 amide bonds. The maximum Gasteiger partial charge on any atom is 0.170 e. The van der Waals surface area contributed by atoms with Gasteiger partial charge in [0.25, 0.3) is 0 Å². The minimum atomic E-state index is 0.634. The van der Waals surface area contributed by atoms with Gasteiger partial charge in [-0.05, 0) is 6.42 Å². The molecule has 2 aliphatic rings. The SMILES string of the molecule is C1N=N1.CC.CCC.CCC1C=N1. The van der Waals surface area contributed by atoms with Crippen LogP contribution in [0.25, 0.3) is 0 Å². The first kappa shape index (κ1) is 14.8. The van der Waals surface area contributed by atoms with Gasteiger partial charge in [-0.1, -0.05) is 41.0 Å². The van der Waals surface area contributed by atoms with Crippen molar-refractivity contribution in [2.45, 2.75) is 53.5 Å². The fraction of sp³-hybridized carbons (Fsp3) is 0.900. The minimum absolute atomic E-state index is 0.634. The van der Waals surface area contributed by atoms with E-state index < -0.39 is 0 Å². The zero-order valence-corrected chi connectivity index (χ0v) is 9.62. The van der Waals surface area contributed by atoms with E-state index in [2.05, 4.69) is 36.0 Å². The van der Waals surface area contributed by atoms with Crippen molar-refractivity contribution in [1.82, 2.24) is 0 Å². The summed E-state index contributed by atoms with van der Waals surface area (Å²) in [5.74, 6) is 0. The van der Waals surface area contributed by atoms with Crippen LogP contribution >= 0.6 is 0 Å². The van der Waals surface area contributed by atoms with Crippen LogP contribution in [0.3, 0.4) is 0 Å². The molecule has 2 rings (SSSR count). The lowest BCUT2D eigenvalue weighted by atomic mass is 10.4. The van der Waals surface area contributed by atoms with Crippen LogP contribution in [0.4, 0.5) is 0 Å². The molecule has 3 heteroatoms. The summed E-state index contributed by atoms with van der Waals surface area (Å²) in [5, 5.41) is 6.75. The van der Waals surface area contributed by atoms with E-state index in [1.54, 1.807) is 0 Å². The highest BCUT2D eigenvalue weighted by Gasteiger charge is 2.06. The van der Waals surface area contributed by atoms with Crippen molar-refractivity contribution in [3.05, 3.63) is 0 Å². The van der Waals surface area contributed by atoms with E-state index in [0.717, 1.165) is 6.67 Å².